The van der Waals surface area contributed by atoms with Gasteiger partial charge in [0.1, 0.15) is 0 Å². The zero-order valence-electron chi connectivity index (χ0n) is 7.04. The first-order valence-corrected chi connectivity index (χ1v) is 4.02. The van der Waals surface area contributed by atoms with E-state index in [4.69, 9.17) is 5.26 Å². The van der Waals surface area contributed by atoms with Gasteiger partial charge in [-0.2, -0.15) is 5.26 Å². The Kier molecular flexibility index (Phi) is 2.48. The standard InChI is InChI=1S/C10H13N/c1-8-3-5-10(6-4-8)9(2)7-11/h3,5-6,8-9H,4H2,1-2H3. The molecule has 1 aliphatic carbocycles. The Morgan fingerprint density at radius 1 is 1.73 bits per heavy atom. The monoisotopic (exact) mass is 147 g/mol. The fourth-order valence-corrected chi connectivity index (χ4v) is 1.14. The Morgan fingerprint density at radius 2 is 2.45 bits per heavy atom. The maximum absolute atomic E-state index is 8.63. The molecular weight excluding hydrogens is 134 g/mol. The summed E-state index contributed by atoms with van der Waals surface area (Å²) in [6.45, 7) is 4.12. The van der Waals surface area contributed by atoms with Gasteiger partial charge < -0.3 is 0 Å². The second kappa shape index (κ2) is 3.39. The van der Waals surface area contributed by atoms with Gasteiger partial charge >= 0.3 is 0 Å². The quantitative estimate of drug-likeness (QED) is 0.559. The first-order chi connectivity index (χ1) is 5.24. The average molecular weight is 147 g/mol. The van der Waals surface area contributed by atoms with Crippen LogP contribution in [0.3, 0.4) is 0 Å². The molecule has 0 fully saturated rings. The molecule has 0 amide bonds. The molecule has 0 aromatic rings. The molecule has 0 aromatic heterocycles. The highest BCUT2D eigenvalue weighted by atomic mass is 14.3. The Bertz CT molecular complexity index is 230. The number of nitriles is 1. The smallest absolute Gasteiger partial charge is 0.0700 e. The minimum absolute atomic E-state index is 0.0544. The molecule has 11 heavy (non-hydrogen) atoms. The molecule has 0 aromatic carbocycles. The third-order valence-corrected chi connectivity index (χ3v) is 2.04. The van der Waals surface area contributed by atoms with Crippen molar-refractivity contribution in [2.24, 2.45) is 11.8 Å². The Labute approximate surface area is 68.0 Å². The van der Waals surface area contributed by atoms with Crippen LogP contribution in [0.15, 0.2) is 23.8 Å². The van der Waals surface area contributed by atoms with Crippen LogP contribution in [0.5, 0.6) is 0 Å². The highest BCUT2D eigenvalue weighted by Gasteiger charge is 2.08. The van der Waals surface area contributed by atoms with Crippen molar-refractivity contribution in [3.05, 3.63) is 23.8 Å². The van der Waals surface area contributed by atoms with Gasteiger partial charge in [-0.1, -0.05) is 25.2 Å². The fraction of sp³-hybridized carbons (Fsp3) is 0.500. The van der Waals surface area contributed by atoms with Crippen molar-refractivity contribution < 1.29 is 0 Å². The van der Waals surface area contributed by atoms with Crippen LogP contribution in [0, 0.1) is 23.2 Å². The molecule has 0 aliphatic heterocycles. The Morgan fingerprint density at radius 3 is 2.91 bits per heavy atom. The maximum Gasteiger partial charge on any atom is 0.0700 e. The van der Waals surface area contributed by atoms with E-state index in [0.717, 1.165) is 6.42 Å². The lowest BCUT2D eigenvalue weighted by Crippen LogP contribution is -2.00. The summed E-state index contributed by atoms with van der Waals surface area (Å²) in [6.07, 6.45) is 7.49. The van der Waals surface area contributed by atoms with Crippen LogP contribution in [0.1, 0.15) is 20.3 Å². The summed E-state index contributed by atoms with van der Waals surface area (Å²) >= 11 is 0. The molecule has 1 heteroatoms. The molecular formula is C10H13N. The summed E-state index contributed by atoms with van der Waals surface area (Å²) in [4.78, 5) is 0. The molecule has 2 unspecified atom stereocenters. The van der Waals surface area contributed by atoms with E-state index in [2.05, 4.69) is 31.2 Å². The van der Waals surface area contributed by atoms with Crippen LogP contribution >= 0.6 is 0 Å². The van der Waals surface area contributed by atoms with Crippen molar-refractivity contribution in [1.29, 1.82) is 5.26 Å². The molecule has 0 heterocycles. The van der Waals surface area contributed by atoms with Crippen LogP contribution in [-0.2, 0) is 0 Å². The number of hydrogen-bond donors (Lipinski definition) is 0. The van der Waals surface area contributed by atoms with Crippen LogP contribution in [0.4, 0.5) is 0 Å². The van der Waals surface area contributed by atoms with Crippen molar-refractivity contribution >= 4 is 0 Å². The van der Waals surface area contributed by atoms with Crippen LogP contribution < -0.4 is 0 Å². The third kappa shape index (κ3) is 1.94. The van der Waals surface area contributed by atoms with E-state index < -0.39 is 0 Å². The molecule has 0 saturated heterocycles. The summed E-state index contributed by atoms with van der Waals surface area (Å²) in [7, 11) is 0. The average Bonchev–Trinajstić information content (AvgIpc) is 2.05. The van der Waals surface area contributed by atoms with Gasteiger partial charge in [-0.05, 0) is 24.8 Å². The number of nitrogens with zero attached hydrogens (tertiary/aromatic N) is 1. The largest absolute Gasteiger partial charge is 0.198 e. The van der Waals surface area contributed by atoms with E-state index in [1.807, 2.05) is 6.92 Å². The summed E-state index contributed by atoms with van der Waals surface area (Å²) in [5.74, 6) is 0.698. The van der Waals surface area contributed by atoms with E-state index in [-0.39, 0.29) is 5.92 Å². The van der Waals surface area contributed by atoms with Gasteiger partial charge in [-0.25, -0.2) is 0 Å². The molecule has 0 spiro atoms. The Hall–Kier alpha value is -1.03. The highest BCUT2D eigenvalue weighted by Crippen LogP contribution is 2.20. The topological polar surface area (TPSA) is 23.8 Å². The van der Waals surface area contributed by atoms with Gasteiger partial charge in [-0.15, -0.1) is 0 Å². The lowest BCUT2D eigenvalue weighted by atomic mass is 9.92. The second-order valence-electron chi connectivity index (χ2n) is 3.13. The lowest BCUT2D eigenvalue weighted by Gasteiger charge is -2.12. The summed E-state index contributed by atoms with van der Waals surface area (Å²) in [5, 5.41) is 8.63. The first-order valence-electron chi connectivity index (χ1n) is 4.02. The van der Waals surface area contributed by atoms with E-state index in [1.165, 1.54) is 5.57 Å². The van der Waals surface area contributed by atoms with Crippen molar-refractivity contribution in [1.82, 2.24) is 0 Å². The number of hydrogen-bond acceptors (Lipinski definition) is 1. The first kappa shape index (κ1) is 8.07. The maximum atomic E-state index is 8.63. The minimum Gasteiger partial charge on any atom is -0.198 e. The minimum atomic E-state index is 0.0544. The summed E-state index contributed by atoms with van der Waals surface area (Å²) < 4.78 is 0. The van der Waals surface area contributed by atoms with Crippen LogP contribution in [-0.4, -0.2) is 0 Å². The molecule has 0 saturated carbocycles. The van der Waals surface area contributed by atoms with E-state index >= 15 is 0 Å². The van der Waals surface area contributed by atoms with Crippen LogP contribution in [0.25, 0.3) is 0 Å². The SMILES string of the molecule is CC1C=CC(C(C)C#N)=CC1. The molecule has 1 rings (SSSR count). The van der Waals surface area contributed by atoms with Gasteiger partial charge in [0.25, 0.3) is 0 Å². The molecule has 1 aliphatic rings. The third-order valence-electron chi connectivity index (χ3n) is 2.04. The zero-order valence-corrected chi connectivity index (χ0v) is 7.04. The normalized spacial score (nSPS) is 25.5. The van der Waals surface area contributed by atoms with Crippen molar-refractivity contribution in [2.45, 2.75) is 20.3 Å². The van der Waals surface area contributed by atoms with Gasteiger partial charge in [0.05, 0.1) is 12.0 Å². The van der Waals surface area contributed by atoms with Gasteiger partial charge in [-0.3, -0.25) is 0 Å². The zero-order chi connectivity index (χ0) is 8.27. The molecule has 0 bridgehead atoms. The molecule has 1 nitrogen and oxygen atoms in total. The van der Waals surface area contributed by atoms with Crippen molar-refractivity contribution in [3.63, 3.8) is 0 Å². The lowest BCUT2D eigenvalue weighted by molar-refractivity contribution is 0.716. The van der Waals surface area contributed by atoms with Gasteiger partial charge in [0, 0.05) is 0 Å². The van der Waals surface area contributed by atoms with Crippen molar-refractivity contribution in [2.75, 3.05) is 0 Å². The predicted octanol–water partition coefficient (Wildman–Crippen LogP) is 2.67. The van der Waals surface area contributed by atoms with E-state index in [1.54, 1.807) is 0 Å². The Balaban J connectivity index is 2.65. The predicted molar refractivity (Wildman–Crippen MR) is 45.8 cm³/mol. The summed E-state index contributed by atoms with van der Waals surface area (Å²) in [5.41, 5.74) is 1.17. The van der Waals surface area contributed by atoms with E-state index in [0.29, 0.717) is 5.92 Å². The number of allylic oxidation sites excluding steroid dienone is 4. The summed E-state index contributed by atoms with van der Waals surface area (Å²) in [6, 6.07) is 2.23. The highest BCUT2D eigenvalue weighted by molar-refractivity contribution is 5.28. The van der Waals surface area contributed by atoms with E-state index in [9.17, 15) is 0 Å². The second-order valence-corrected chi connectivity index (χ2v) is 3.13. The van der Waals surface area contributed by atoms with Crippen LogP contribution in [0.2, 0.25) is 0 Å². The molecule has 2 atom stereocenters. The molecule has 58 valence electrons. The van der Waals surface area contributed by atoms with Crippen molar-refractivity contribution in [3.8, 4) is 6.07 Å². The molecule has 0 N–H and O–H groups in total. The number of rotatable bonds is 1. The molecule has 0 radical (unpaired) electrons. The fourth-order valence-electron chi connectivity index (χ4n) is 1.14. The van der Waals surface area contributed by atoms with Gasteiger partial charge in [0.15, 0.2) is 0 Å². The van der Waals surface area contributed by atoms with Gasteiger partial charge in [0.2, 0.25) is 0 Å².